The molecule has 1 unspecified atom stereocenters. The highest BCUT2D eigenvalue weighted by Gasteiger charge is 2.43. The molecule has 1 aliphatic rings. The zero-order valence-corrected chi connectivity index (χ0v) is 19.1. The van der Waals surface area contributed by atoms with Gasteiger partial charge in [0.05, 0.1) is 11.0 Å². The van der Waals surface area contributed by atoms with E-state index in [9.17, 15) is 9.59 Å². The van der Waals surface area contributed by atoms with Crippen molar-refractivity contribution in [2.24, 2.45) is 5.41 Å². The van der Waals surface area contributed by atoms with E-state index in [1.165, 1.54) is 17.3 Å². The van der Waals surface area contributed by atoms with Gasteiger partial charge >= 0.3 is 0 Å². The minimum atomic E-state index is -0.678. The average Bonchev–Trinajstić information content (AvgIpc) is 3.38. The number of amides is 2. The standard InChI is InChI=1S/C24H27N5O2S/c1-25-22(31)24(13-17-6-3-7-18(12-17)20-8-4-11-32-20)9-5-10-29(16-24)21(30)19-14-27-23(26-2)28-15-19/h3-4,6-8,11-12,14-15H,5,9-10,13,16H2,1-2H3,(H,25,31)(H,26,27,28). The number of anilines is 1. The number of rotatable bonds is 6. The van der Waals surface area contributed by atoms with Gasteiger partial charge in [-0.15, -0.1) is 11.3 Å². The van der Waals surface area contributed by atoms with Gasteiger partial charge in [0, 0.05) is 44.5 Å². The van der Waals surface area contributed by atoms with E-state index < -0.39 is 5.41 Å². The van der Waals surface area contributed by atoms with E-state index in [1.54, 1.807) is 30.3 Å². The highest BCUT2D eigenvalue weighted by molar-refractivity contribution is 7.13. The van der Waals surface area contributed by atoms with Crippen LogP contribution in [0.15, 0.2) is 54.2 Å². The van der Waals surface area contributed by atoms with Crippen LogP contribution in [0.1, 0.15) is 28.8 Å². The van der Waals surface area contributed by atoms with Gasteiger partial charge in [-0.1, -0.05) is 30.3 Å². The molecule has 0 saturated carbocycles. The van der Waals surface area contributed by atoms with E-state index in [1.807, 2.05) is 12.1 Å². The maximum absolute atomic E-state index is 13.2. The molecular formula is C24H27N5O2S. The molecular weight excluding hydrogens is 422 g/mol. The van der Waals surface area contributed by atoms with Crippen LogP contribution in [-0.4, -0.2) is 53.9 Å². The first-order valence-electron chi connectivity index (χ1n) is 10.7. The molecule has 4 rings (SSSR count). The van der Waals surface area contributed by atoms with Crippen molar-refractivity contribution in [1.29, 1.82) is 0 Å². The van der Waals surface area contributed by atoms with Crippen molar-refractivity contribution in [2.75, 3.05) is 32.5 Å². The molecule has 0 radical (unpaired) electrons. The van der Waals surface area contributed by atoms with Gasteiger partial charge in [0.25, 0.3) is 5.91 Å². The minimum absolute atomic E-state index is 0.0293. The van der Waals surface area contributed by atoms with E-state index in [-0.39, 0.29) is 11.8 Å². The van der Waals surface area contributed by atoms with Crippen LogP contribution >= 0.6 is 11.3 Å². The fraction of sp³-hybridized carbons (Fsp3) is 0.333. The molecule has 1 fully saturated rings. The fourth-order valence-corrected chi connectivity index (χ4v) is 5.12. The summed E-state index contributed by atoms with van der Waals surface area (Å²) in [7, 11) is 3.39. The number of aromatic nitrogens is 2. The van der Waals surface area contributed by atoms with E-state index in [0.717, 1.165) is 24.0 Å². The first-order chi connectivity index (χ1) is 15.5. The Kier molecular flexibility index (Phi) is 6.50. The minimum Gasteiger partial charge on any atom is -0.359 e. The van der Waals surface area contributed by atoms with Crippen molar-refractivity contribution in [3.8, 4) is 10.4 Å². The second kappa shape index (κ2) is 9.48. The Morgan fingerprint density at radius 3 is 2.66 bits per heavy atom. The number of likely N-dealkylation sites (tertiary alicyclic amines) is 1. The number of piperidine rings is 1. The number of benzene rings is 1. The zero-order chi connectivity index (χ0) is 22.6. The summed E-state index contributed by atoms with van der Waals surface area (Å²) in [4.78, 5) is 37.5. The van der Waals surface area contributed by atoms with Crippen molar-refractivity contribution in [3.63, 3.8) is 0 Å². The van der Waals surface area contributed by atoms with Gasteiger partial charge in [-0.2, -0.15) is 0 Å². The fourth-order valence-electron chi connectivity index (χ4n) is 4.40. The van der Waals surface area contributed by atoms with Crippen LogP contribution in [0, 0.1) is 5.41 Å². The molecule has 0 bridgehead atoms. The Balaban J connectivity index is 1.59. The quantitative estimate of drug-likeness (QED) is 0.602. The molecule has 1 saturated heterocycles. The molecule has 1 aromatic carbocycles. The summed E-state index contributed by atoms with van der Waals surface area (Å²) >= 11 is 1.70. The summed E-state index contributed by atoms with van der Waals surface area (Å²) in [5.74, 6) is 0.289. The Hall–Kier alpha value is -3.26. The average molecular weight is 450 g/mol. The number of hydrogen-bond acceptors (Lipinski definition) is 6. The third-order valence-corrected chi connectivity index (χ3v) is 6.89. The zero-order valence-electron chi connectivity index (χ0n) is 18.3. The van der Waals surface area contributed by atoms with Gasteiger partial charge in [-0.3, -0.25) is 9.59 Å². The highest BCUT2D eigenvalue weighted by atomic mass is 32.1. The predicted molar refractivity (Wildman–Crippen MR) is 127 cm³/mol. The number of carbonyl (C=O) groups is 2. The van der Waals surface area contributed by atoms with Crippen LogP contribution in [0.4, 0.5) is 5.95 Å². The first kappa shape index (κ1) is 22.0. The number of nitrogens with one attached hydrogen (secondary N) is 2. The van der Waals surface area contributed by atoms with Crippen molar-refractivity contribution < 1.29 is 9.59 Å². The number of hydrogen-bond donors (Lipinski definition) is 2. The second-order valence-electron chi connectivity index (χ2n) is 8.09. The summed E-state index contributed by atoms with van der Waals surface area (Å²) in [5.41, 5.74) is 1.99. The summed E-state index contributed by atoms with van der Waals surface area (Å²) in [5, 5.41) is 7.76. The van der Waals surface area contributed by atoms with Crippen LogP contribution in [0.3, 0.4) is 0 Å². The van der Waals surface area contributed by atoms with Crippen molar-refractivity contribution >= 4 is 29.1 Å². The molecule has 8 heteroatoms. The summed E-state index contributed by atoms with van der Waals surface area (Å²) < 4.78 is 0. The van der Waals surface area contributed by atoms with Gasteiger partial charge in [0.15, 0.2) is 0 Å². The summed E-state index contributed by atoms with van der Waals surface area (Å²) in [6.45, 7) is 0.975. The van der Waals surface area contributed by atoms with Gasteiger partial charge < -0.3 is 15.5 Å². The smallest absolute Gasteiger partial charge is 0.257 e. The highest BCUT2D eigenvalue weighted by Crippen LogP contribution is 2.36. The van der Waals surface area contributed by atoms with Gasteiger partial charge in [0.2, 0.25) is 11.9 Å². The maximum Gasteiger partial charge on any atom is 0.257 e. The molecule has 0 spiro atoms. The molecule has 2 aromatic heterocycles. The Labute approximate surface area is 191 Å². The van der Waals surface area contributed by atoms with Gasteiger partial charge in [-0.25, -0.2) is 9.97 Å². The second-order valence-corrected chi connectivity index (χ2v) is 9.04. The van der Waals surface area contributed by atoms with Crippen LogP contribution in [0.25, 0.3) is 10.4 Å². The molecule has 1 aliphatic heterocycles. The molecule has 2 amide bonds. The third kappa shape index (κ3) is 4.50. The van der Waals surface area contributed by atoms with Crippen molar-refractivity contribution in [1.82, 2.24) is 20.2 Å². The maximum atomic E-state index is 13.2. The lowest BCUT2D eigenvalue weighted by Crippen LogP contribution is -2.54. The van der Waals surface area contributed by atoms with Crippen LogP contribution in [-0.2, 0) is 11.2 Å². The van der Waals surface area contributed by atoms with Gasteiger partial charge in [0.1, 0.15) is 0 Å². The van der Waals surface area contributed by atoms with Crippen molar-refractivity contribution in [3.05, 3.63) is 65.3 Å². The molecule has 166 valence electrons. The molecule has 0 aliphatic carbocycles. The summed E-state index contributed by atoms with van der Waals surface area (Å²) in [6, 6.07) is 12.5. The van der Waals surface area contributed by atoms with E-state index in [4.69, 9.17) is 0 Å². The lowest BCUT2D eigenvalue weighted by atomic mass is 9.74. The lowest BCUT2D eigenvalue weighted by molar-refractivity contribution is -0.133. The van der Waals surface area contributed by atoms with Crippen molar-refractivity contribution in [2.45, 2.75) is 19.3 Å². The van der Waals surface area contributed by atoms with Crippen LogP contribution in [0.5, 0.6) is 0 Å². The largest absolute Gasteiger partial charge is 0.359 e. The number of thiophene rings is 1. The molecule has 1 atom stereocenters. The van der Waals surface area contributed by atoms with Crippen LogP contribution < -0.4 is 10.6 Å². The molecule has 7 nitrogen and oxygen atoms in total. The first-order valence-corrected chi connectivity index (χ1v) is 11.6. The molecule has 32 heavy (non-hydrogen) atoms. The number of carbonyl (C=O) groups excluding carboxylic acids is 2. The molecule has 2 N–H and O–H groups in total. The normalized spacial score (nSPS) is 18.2. The van der Waals surface area contributed by atoms with Crippen LogP contribution in [0.2, 0.25) is 0 Å². The third-order valence-electron chi connectivity index (χ3n) is 5.97. The predicted octanol–water partition coefficient (Wildman–Crippen LogP) is 3.46. The van der Waals surface area contributed by atoms with Gasteiger partial charge in [-0.05, 0) is 41.8 Å². The number of nitrogens with zero attached hydrogens (tertiary/aromatic N) is 3. The topological polar surface area (TPSA) is 87.2 Å². The monoisotopic (exact) mass is 449 g/mol. The van der Waals surface area contributed by atoms with E-state index in [0.29, 0.717) is 31.0 Å². The Morgan fingerprint density at radius 2 is 1.97 bits per heavy atom. The molecule has 3 heterocycles. The summed E-state index contributed by atoms with van der Waals surface area (Å²) in [6.07, 6.45) is 5.13. The molecule has 3 aromatic rings. The van der Waals surface area contributed by atoms with E-state index >= 15 is 0 Å². The lowest BCUT2D eigenvalue weighted by Gasteiger charge is -2.41. The van der Waals surface area contributed by atoms with E-state index in [2.05, 4.69) is 50.2 Å². The Morgan fingerprint density at radius 1 is 1.16 bits per heavy atom. The SMILES string of the molecule is CNC(=O)C1(Cc2cccc(-c3cccs3)c2)CCCN(C(=O)c2cnc(NC)nc2)C1. The Bertz CT molecular complexity index is 1080.